The zero-order valence-electron chi connectivity index (χ0n) is 12.8. The second-order valence-electron chi connectivity index (χ2n) is 4.51. The maximum absolute atomic E-state index is 12.1. The van der Waals surface area contributed by atoms with Crippen LogP contribution in [-0.2, 0) is 18.1 Å². The highest BCUT2D eigenvalue weighted by atomic mass is 31.2. The first-order valence-electron chi connectivity index (χ1n) is 6.78. The SMILES string of the molecule is COP(=O)(OC)O/C=C(\c1ccccc1)c1cccc(C#N)c1. The number of rotatable bonds is 6. The maximum atomic E-state index is 12.1. The Balaban J connectivity index is 2.48. The largest absolute Gasteiger partial charge is 0.528 e. The summed E-state index contributed by atoms with van der Waals surface area (Å²) in [5.74, 6) is 0. The molecule has 0 saturated heterocycles. The van der Waals surface area contributed by atoms with Crippen LogP contribution in [0, 0.1) is 11.3 Å². The lowest BCUT2D eigenvalue weighted by atomic mass is 9.98. The Bertz CT molecular complexity index is 773. The standard InChI is InChI=1S/C17H16NO4P/c1-20-23(19,21-2)22-13-17(15-8-4-3-5-9-15)16-10-6-7-14(11-16)12-18/h3-11,13H,1-2H3/b17-13+. The Morgan fingerprint density at radius 2 is 1.70 bits per heavy atom. The van der Waals surface area contributed by atoms with Crippen molar-refractivity contribution < 1.29 is 18.1 Å². The number of nitrogens with zero attached hydrogens (tertiary/aromatic N) is 1. The van der Waals surface area contributed by atoms with Crippen molar-refractivity contribution in [3.63, 3.8) is 0 Å². The van der Waals surface area contributed by atoms with Gasteiger partial charge in [0, 0.05) is 19.8 Å². The molecule has 0 fully saturated rings. The van der Waals surface area contributed by atoms with Crippen molar-refractivity contribution in [2.75, 3.05) is 14.2 Å². The maximum Gasteiger partial charge on any atom is 0.528 e. The molecule has 0 aromatic heterocycles. The average Bonchev–Trinajstić information content (AvgIpc) is 2.62. The van der Waals surface area contributed by atoms with Gasteiger partial charge in [-0.15, -0.1) is 0 Å². The molecular weight excluding hydrogens is 313 g/mol. The van der Waals surface area contributed by atoms with Crippen molar-refractivity contribution in [2.45, 2.75) is 0 Å². The first-order chi connectivity index (χ1) is 11.1. The molecule has 2 rings (SSSR count). The van der Waals surface area contributed by atoms with Crippen molar-refractivity contribution in [1.82, 2.24) is 0 Å². The van der Waals surface area contributed by atoms with E-state index < -0.39 is 7.82 Å². The molecule has 2 aromatic rings. The van der Waals surface area contributed by atoms with E-state index in [1.54, 1.807) is 18.2 Å². The van der Waals surface area contributed by atoms with Crippen LogP contribution in [0.3, 0.4) is 0 Å². The van der Waals surface area contributed by atoms with Gasteiger partial charge in [0.25, 0.3) is 0 Å². The normalized spacial score (nSPS) is 11.8. The summed E-state index contributed by atoms with van der Waals surface area (Å²) in [6.07, 6.45) is 1.33. The number of benzene rings is 2. The lowest BCUT2D eigenvalue weighted by Gasteiger charge is -2.14. The molecule has 6 heteroatoms. The summed E-state index contributed by atoms with van der Waals surface area (Å²) in [5, 5.41) is 9.06. The second-order valence-corrected chi connectivity index (χ2v) is 6.34. The Labute approximate surface area is 135 Å². The molecule has 0 heterocycles. The topological polar surface area (TPSA) is 68.6 Å². The van der Waals surface area contributed by atoms with Gasteiger partial charge in [-0.05, 0) is 23.3 Å². The molecule has 0 saturated carbocycles. The van der Waals surface area contributed by atoms with E-state index in [1.807, 2.05) is 36.4 Å². The summed E-state index contributed by atoms with van der Waals surface area (Å²) < 4.78 is 26.9. The molecule has 0 amide bonds. The third-order valence-electron chi connectivity index (χ3n) is 3.13. The smallest absolute Gasteiger partial charge is 0.411 e. The van der Waals surface area contributed by atoms with Gasteiger partial charge in [0.05, 0.1) is 11.6 Å². The van der Waals surface area contributed by atoms with E-state index in [0.717, 1.165) is 11.1 Å². The summed E-state index contributed by atoms with van der Waals surface area (Å²) in [4.78, 5) is 0. The van der Waals surface area contributed by atoms with Crippen LogP contribution in [0.1, 0.15) is 16.7 Å². The molecule has 0 bridgehead atoms. The van der Waals surface area contributed by atoms with Crippen LogP contribution in [-0.4, -0.2) is 14.2 Å². The van der Waals surface area contributed by atoms with Crippen LogP contribution in [0.5, 0.6) is 0 Å². The van der Waals surface area contributed by atoms with Gasteiger partial charge < -0.3 is 4.52 Å². The van der Waals surface area contributed by atoms with Gasteiger partial charge in [-0.3, -0.25) is 9.05 Å². The number of phosphoric acid groups is 1. The van der Waals surface area contributed by atoms with Crippen LogP contribution in [0.25, 0.3) is 5.57 Å². The van der Waals surface area contributed by atoms with Gasteiger partial charge in [-0.1, -0.05) is 42.5 Å². The number of hydrogen-bond acceptors (Lipinski definition) is 5. The zero-order valence-corrected chi connectivity index (χ0v) is 13.7. The van der Waals surface area contributed by atoms with Crippen LogP contribution in [0.15, 0.2) is 60.9 Å². The fourth-order valence-electron chi connectivity index (χ4n) is 1.95. The quantitative estimate of drug-likeness (QED) is 0.581. The predicted octanol–water partition coefficient (Wildman–Crippen LogP) is 4.36. The molecule has 0 unspecified atom stereocenters. The Hall–Kier alpha value is -2.38. The molecule has 0 atom stereocenters. The lowest BCUT2D eigenvalue weighted by molar-refractivity contribution is 0.194. The average molecular weight is 329 g/mol. The van der Waals surface area contributed by atoms with Crippen molar-refractivity contribution >= 4 is 13.4 Å². The molecule has 118 valence electrons. The summed E-state index contributed by atoms with van der Waals surface area (Å²) >= 11 is 0. The van der Waals surface area contributed by atoms with Crippen molar-refractivity contribution in [3.05, 3.63) is 77.5 Å². The third kappa shape index (κ3) is 4.30. The number of hydrogen-bond donors (Lipinski definition) is 0. The Morgan fingerprint density at radius 3 is 2.30 bits per heavy atom. The molecule has 0 aliphatic heterocycles. The molecule has 0 aliphatic carbocycles. The van der Waals surface area contributed by atoms with E-state index in [9.17, 15) is 4.57 Å². The molecule has 5 nitrogen and oxygen atoms in total. The highest BCUT2D eigenvalue weighted by Gasteiger charge is 2.23. The zero-order chi connectivity index (χ0) is 16.7. The monoisotopic (exact) mass is 329 g/mol. The summed E-state index contributed by atoms with van der Waals surface area (Å²) in [7, 11) is -1.14. The third-order valence-corrected chi connectivity index (χ3v) is 4.39. The van der Waals surface area contributed by atoms with Gasteiger partial charge in [0.15, 0.2) is 0 Å². The minimum Gasteiger partial charge on any atom is -0.411 e. The predicted molar refractivity (Wildman–Crippen MR) is 87.4 cm³/mol. The van der Waals surface area contributed by atoms with E-state index >= 15 is 0 Å². The van der Waals surface area contributed by atoms with Gasteiger partial charge in [0.2, 0.25) is 0 Å². The minimum atomic E-state index is -3.64. The first kappa shape index (κ1) is 17.0. The highest BCUT2D eigenvalue weighted by Crippen LogP contribution is 2.48. The molecule has 0 aliphatic rings. The fourth-order valence-corrected chi connectivity index (χ4v) is 2.51. The van der Waals surface area contributed by atoms with Crippen molar-refractivity contribution in [3.8, 4) is 6.07 Å². The molecule has 0 spiro atoms. The lowest BCUT2D eigenvalue weighted by Crippen LogP contribution is -1.93. The molecule has 23 heavy (non-hydrogen) atoms. The van der Waals surface area contributed by atoms with E-state index in [2.05, 4.69) is 6.07 Å². The van der Waals surface area contributed by atoms with Crippen LogP contribution in [0.2, 0.25) is 0 Å². The van der Waals surface area contributed by atoms with Gasteiger partial charge in [-0.2, -0.15) is 5.26 Å². The van der Waals surface area contributed by atoms with E-state index in [-0.39, 0.29) is 0 Å². The second kappa shape index (κ2) is 7.75. The van der Waals surface area contributed by atoms with Crippen LogP contribution in [0.4, 0.5) is 0 Å². The Kier molecular flexibility index (Phi) is 5.72. The van der Waals surface area contributed by atoms with E-state index in [0.29, 0.717) is 11.1 Å². The minimum absolute atomic E-state index is 0.519. The highest BCUT2D eigenvalue weighted by molar-refractivity contribution is 7.48. The summed E-state index contributed by atoms with van der Waals surface area (Å²) in [6.45, 7) is 0. The van der Waals surface area contributed by atoms with Gasteiger partial charge >= 0.3 is 7.82 Å². The Morgan fingerprint density at radius 1 is 1.04 bits per heavy atom. The van der Waals surface area contributed by atoms with E-state index in [1.165, 1.54) is 20.5 Å². The van der Waals surface area contributed by atoms with Crippen LogP contribution < -0.4 is 0 Å². The van der Waals surface area contributed by atoms with Gasteiger partial charge in [-0.25, -0.2) is 4.57 Å². The number of nitriles is 1. The summed E-state index contributed by atoms with van der Waals surface area (Å²) in [6, 6.07) is 18.6. The van der Waals surface area contributed by atoms with Crippen molar-refractivity contribution in [2.24, 2.45) is 0 Å². The first-order valence-corrected chi connectivity index (χ1v) is 8.24. The van der Waals surface area contributed by atoms with Gasteiger partial charge in [0.1, 0.15) is 6.26 Å². The number of phosphoric ester groups is 1. The summed E-state index contributed by atoms with van der Waals surface area (Å²) in [5.41, 5.74) is 2.79. The molecule has 0 radical (unpaired) electrons. The molecule has 2 aromatic carbocycles. The fraction of sp³-hybridized carbons (Fsp3) is 0.118. The van der Waals surface area contributed by atoms with E-state index in [4.69, 9.17) is 18.8 Å². The molecule has 0 N–H and O–H groups in total. The van der Waals surface area contributed by atoms with Crippen LogP contribution >= 0.6 is 7.82 Å². The van der Waals surface area contributed by atoms with Crippen molar-refractivity contribution in [1.29, 1.82) is 5.26 Å². The molecular formula is C17H16NO4P.